The molecular weight excluding hydrogens is 677 g/mol. The van der Waals surface area contributed by atoms with Gasteiger partial charge < -0.3 is 37.4 Å². The molecule has 0 unspecified atom stereocenters. The lowest BCUT2D eigenvalue weighted by Gasteiger charge is -2.60. The van der Waals surface area contributed by atoms with E-state index in [9.17, 15) is 9.90 Å². The molecule has 4 aromatic rings. The number of allylic oxidation sites excluding steroid dienone is 1. The molecule has 0 aliphatic carbocycles. The number of hydrogen-bond donors (Lipinski definition) is 1. The molecule has 54 heavy (non-hydrogen) atoms. The Morgan fingerprint density at radius 2 is 1.54 bits per heavy atom. The van der Waals surface area contributed by atoms with E-state index < -0.39 is 5.79 Å². The molecule has 0 saturated carbocycles. The third-order valence-corrected chi connectivity index (χ3v) is 16.3. The number of para-hydroxylation sites is 1. The number of aryl methyl sites for hydroxylation is 2. The number of ketones is 1. The Balaban J connectivity index is 1.05. The number of aromatic nitrogens is 2. The van der Waals surface area contributed by atoms with Crippen molar-refractivity contribution in [1.29, 1.82) is 0 Å². The van der Waals surface area contributed by atoms with Crippen molar-refractivity contribution >= 4 is 27.6 Å². The van der Waals surface area contributed by atoms with Gasteiger partial charge in [0.2, 0.25) is 0 Å². The average Bonchev–Trinajstić information content (AvgIpc) is 3.54. The van der Waals surface area contributed by atoms with Crippen LogP contribution >= 0.6 is 0 Å². The molecule has 10 atom stereocenters. The van der Waals surface area contributed by atoms with E-state index in [-0.39, 0.29) is 23.7 Å². The van der Waals surface area contributed by atoms with Crippen molar-refractivity contribution in [2.45, 2.75) is 75.9 Å². The quantitative estimate of drug-likeness (QED) is 0.256. The van der Waals surface area contributed by atoms with Crippen molar-refractivity contribution in [2.75, 3.05) is 48.5 Å². The van der Waals surface area contributed by atoms with Crippen molar-refractivity contribution in [3.8, 4) is 5.75 Å². The van der Waals surface area contributed by atoms with Crippen LogP contribution in [0.25, 0.3) is 21.8 Å². The summed E-state index contributed by atoms with van der Waals surface area (Å²) in [5.41, 5.74) is 10.3. The van der Waals surface area contributed by atoms with Crippen LogP contribution in [0.3, 0.4) is 0 Å². The van der Waals surface area contributed by atoms with Crippen LogP contribution in [0.4, 0.5) is 0 Å². The van der Waals surface area contributed by atoms with E-state index in [0.717, 1.165) is 51.5 Å². The van der Waals surface area contributed by atoms with E-state index in [1.54, 1.807) is 20.3 Å². The number of rotatable bonds is 4. The zero-order valence-corrected chi connectivity index (χ0v) is 33.6. The van der Waals surface area contributed by atoms with E-state index in [1.807, 2.05) is 6.92 Å². The van der Waals surface area contributed by atoms with Crippen LogP contribution in [0.5, 0.6) is 5.75 Å². The maximum absolute atomic E-state index is 12.8. The van der Waals surface area contributed by atoms with E-state index in [0.29, 0.717) is 55.5 Å². The highest BCUT2D eigenvalue weighted by atomic mass is 16.6. The maximum atomic E-state index is 12.8. The summed E-state index contributed by atoms with van der Waals surface area (Å²) in [6, 6.07) is 14.9. The fourth-order valence-corrected chi connectivity index (χ4v) is 13.5. The SMILES string of the molecule is COc1cc2c(cc1C[C@H]1[C@@H]3C[C@H]4c5c(c6ccccc6n5C)C[C@@H]([C@@H]3CO[C@]1(C)O)[N+]4(C)C)c1c(n2C)[C@@H]2C[C@H]3C(C(C)=O)=COC[C@H]3[C@H](C1)[N+]2(C)C. The normalized spacial score (nSPS) is 35.7. The molecule has 0 spiro atoms. The molecular formula is C45H58N4O5+2. The van der Waals surface area contributed by atoms with Gasteiger partial charge in [-0.25, -0.2) is 0 Å². The van der Waals surface area contributed by atoms with Gasteiger partial charge in [0.1, 0.15) is 23.9 Å². The minimum Gasteiger partial charge on any atom is -0.500 e. The van der Waals surface area contributed by atoms with Crippen molar-refractivity contribution in [2.24, 2.45) is 43.7 Å². The molecule has 3 fully saturated rings. The summed E-state index contributed by atoms with van der Waals surface area (Å²) in [5, 5.41) is 14.9. The third-order valence-electron chi connectivity index (χ3n) is 16.3. The molecule has 6 aliphatic rings. The molecule has 2 aromatic heterocycles. The summed E-state index contributed by atoms with van der Waals surface area (Å²) in [6.45, 7) is 4.84. The van der Waals surface area contributed by atoms with Gasteiger partial charge in [0, 0.05) is 85.5 Å². The largest absolute Gasteiger partial charge is 0.500 e. The lowest BCUT2D eigenvalue weighted by molar-refractivity contribution is -0.959. The third kappa shape index (κ3) is 4.50. The minimum atomic E-state index is -1.25. The van der Waals surface area contributed by atoms with Crippen molar-refractivity contribution in [3.05, 3.63) is 76.3 Å². The van der Waals surface area contributed by atoms with Crippen molar-refractivity contribution in [1.82, 2.24) is 9.13 Å². The number of likely N-dealkylation sites (N-methyl/N-ethyl adjacent to an activating group) is 2. The topological polar surface area (TPSA) is 74.9 Å². The standard InChI is InChI=1S/C45H58N4O5/c1-24(50)32-21-53-22-33-27(32)16-40-44-31(19-38(33)48(40,5)6)29-14-25(42(52-9)20-37(29)47(44)4)15-35-28-17-41-43-30(26-12-10-11-13-36(26)46(43)3)18-39(49(41,7)8)34(28)23-54-45(35,2)51/h10-14,20-21,27-28,33-35,38-41,51H,15-19,22-23H2,1-9H3/q+2/t27-,28+,33+,34+,35-,38-,39-,40-,41-,45-/m0/s1. The lowest BCUT2D eigenvalue weighted by Crippen LogP contribution is -2.68. The molecule has 0 amide bonds. The van der Waals surface area contributed by atoms with Gasteiger partial charge >= 0.3 is 0 Å². The van der Waals surface area contributed by atoms with Gasteiger partial charge in [-0.05, 0) is 55.0 Å². The van der Waals surface area contributed by atoms with Crippen molar-refractivity contribution < 1.29 is 33.1 Å². The molecule has 9 nitrogen and oxygen atoms in total. The summed E-state index contributed by atoms with van der Waals surface area (Å²) < 4.78 is 25.5. The number of carbonyl (C=O) groups is 1. The van der Waals surface area contributed by atoms with Gasteiger partial charge in [-0.1, -0.05) is 18.2 Å². The van der Waals surface area contributed by atoms with E-state index in [2.05, 4.69) is 87.8 Å². The highest BCUT2D eigenvalue weighted by molar-refractivity contribution is 5.94. The summed E-state index contributed by atoms with van der Waals surface area (Å²) in [5.74, 6) is 0.827. The fourth-order valence-electron chi connectivity index (χ4n) is 13.5. The highest BCUT2D eigenvalue weighted by Gasteiger charge is 2.62. The zero-order valence-electron chi connectivity index (χ0n) is 33.6. The number of nitrogens with zero attached hydrogens (tertiary/aromatic N) is 4. The number of aliphatic hydroxyl groups is 1. The first-order valence-corrected chi connectivity index (χ1v) is 20.2. The molecule has 10 rings (SSSR count). The Morgan fingerprint density at radius 3 is 2.24 bits per heavy atom. The molecule has 8 heterocycles. The number of quaternary nitrogens is 2. The fraction of sp³-hybridized carbons (Fsp3) is 0.578. The van der Waals surface area contributed by atoms with Crippen LogP contribution in [0, 0.1) is 29.6 Å². The number of benzene rings is 2. The van der Waals surface area contributed by atoms with E-state index >= 15 is 0 Å². The monoisotopic (exact) mass is 734 g/mol. The second-order valence-electron chi connectivity index (χ2n) is 19.1. The van der Waals surface area contributed by atoms with Crippen molar-refractivity contribution in [3.63, 3.8) is 0 Å². The number of ether oxygens (including phenoxy) is 3. The van der Waals surface area contributed by atoms with E-state index in [4.69, 9.17) is 14.2 Å². The number of fused-ring (bicyclic) bond motifs is 16. The molecule has 3 saturated heterocycles. The first kappa shape index (κ1) is 34.8. The molecule has 6 aliphatic heterocycles. The number of piperidine rings is 2. The van der Waals surface area contributed by atoms with Crippen LogP contribution in [0.1, 0.15) is 66.9 Å². The summed E-state index contributed by atoms with van der Waals surface area (Å²) in [6.07, 6.45) is 6.35. The van der Waals surface area contributed by atoms with Gasteiger partial charge in [0.25, 0.3) is 0 Å². The number of carbonyl (C=O) groups excluding carboxylic acids is 1. The molecule has 286 valence electrons. The Labute approximate surface area is 319 Å². The zero-order chi connectivity index (χ0) is 37.8. The van der Waals surface area contributed by atoms with Crippen LogP contribution in [0.2, 0.25) is 0 Å². The van der Waals surface area contributed by atoms with E-state index in [1.165, 1.54) is 44.3 Å². The number of hydrogen-bond acceptors (Lipinski definition) is 5. The number of methoxy groups -OCH3 is 1. The van der Waals surface area contributed by atoms with Gasteiger partial charge in [0.15, 0.2) is 11.6 Å². The maximum Gasteiger partial charge on any atom is 0.166 e. The minimum absolute atomic E-state index is 0.0874. The van der Waals surface area contributed by atoms with Gasteiger partial charge in [0.05, 0.1) is 83.6 Å². The van der Waals surface area contributed by atoms with Crippen LogP contribution in [0.15, 0.2) is 48.2 Å². The summed E-state index contributed by atoms with van der Waals surface area (Å²) >= 11 is 0. The Bertz CT molecular complexity index is 2280. The smallest absolute Gasteiger partial charge is 0.166 e. The van der Waals surface area contributed by atoms with Gasteiger partial charge in [-0.2, -0.15) is 0 Å². The molecule has 2 aromatic carbocycles. The second-order valence-corrected chi connectivity index (χ2v) is 19.1. The molecule has 4 bridgehead atoms. The van der Waals surface area contributed by atoms with Gasteiger partial charge in [-0.15, -0.1) is 0 Å². The predicted octanol–water partition coefficient (Wildman–Crippen LogP) is 6.14. The average molecular weight is 735 g/mol. The van der Waals surface area contributed by atoms with Crippen LogP contribution < -0.4 is 4.74 Å². The molecule has 1 N–H and O–H groups in total. The van der Waals surface area contributed by atoms with Crippen LogP contribution in [-0.4, -0.2) is 95.4 Å². The summed E-state index contributed by atoms with van der Waals surface area (Å²) in [7, 11) is 15.9. The molecule has 9 heteroatoms. The highest BCUT2D eigenvalue weighted by Crippen LogP contribution is 2.58. The lowest BCUT2D eigenvalue weighted by atomic mass is 9.61. The first-order valence-electron chi connectivity index (χ1n) is 20.2. The predicted molar refractivity (Wildman–Crippen MR) is 209 cm³/mol. The second kappa shape index (κ2) is 11.5. The Hall–Kier alpha value is -3.63. The first-order chi connectivity index (χ1) is 25.6. The summed E-state index contributed by atoms with van der Waals surface area (Å²) in [4.78, 5) is 12.8. The Morgan fingerprint density at radius 1 is 0.889 bits per heavy atom. The number of Topliss-reactive ketones (excluding diaryl/α,β-unsaturated/α-hetero) is 1. The molecule has 0 radical (unpaired) electrons. The van der Waals surface area contributed by atoms with Gasteiger partial charge in [-0.3, -0.25) is 4.79 Å². The Kier molecular flexibility index (Phi) is 7.40. The van der Waals surface area contributed by atoms with Crippen LogP contribution in [-0.2, 0) is 47.6 Å².